The largest absolute Gasteiger partial charge is 0.350 e. The molecule has 10 heteroatoms. The third-order valence-electron chi connectivity index (χ3n) is 7.92. The number of benzene rings is 2. The highest BCUT2D eigenvalue weighted by molar-refractivity contribution is 5.91. The van der Waals surface area contributed by atoms with Crippen molar-refractivity contribution < 1.29 is 19.6 Å². The van der Waals surface area contributed by atoms with Crippen LogP contribution in [0.3, 0.4) is 0 Å². The number of hydrogen-bond acceptors (Lipinski definition) is 6. The van der Waals surface area contributed by atoms with Crippen LogP contribution in [0.1, 0.15) is 68.2 Å². The maximum absolute atomic E-state index is 12.8. The van der Waals surface area contributed by atoms with E-state index >= 15 is 0 Å². The Hall–Kier alpha value is -4.05. The van der Waals surface area contributed by atoms with Crippen LogP contribution in [-0.2, 0) is 33.9 Å². The summed E-state index contributed by atoms with van der Waals surface area (Å²) in [5, 5.41) is 23.0. The average Bonchev–Trinajstić information content (AvgIpc) is 3.71. The van der Waals surface area contributed by atoms with Gasteiger partial charge in [-0.05, 0) is 59.6 Å². The molecule has 5 rings (SSSR count). The number of anilines is 1. The van der Waals surface area contributed by atoms with Gasteiger partial charge in [0.15, 0.2) is 0 Å². The Morgan fingerprint density at radius 1 is 1.02 bits per heavy atom. The van der Waals surface area contributed by atoms with Crippen LogP contribution >= 0.6 is 0 Å². The lowest BCUT2D eigenvalue weighted by Crippen LogP contribution is -2.35. The van der Waals surface area contributed by atoms with Gasteiger partial charge >= 0.3 is 0 Å². The van der Waals surface area contributed by atoms with Crippen LogP contribution in [0.5, 0.6) is 0 Å². The molecule has 1 atom stereocenters. The summed E-state index contributed by atoms with van der Waals surface area (Å²) in [6.07, 6.45) is 8.60. The highest BCUT2D eigenvalue weighted by atomic mass is 16.5. The van der Waals surface area contributed by atoms with Gasteiger partial charge in [0.05, 0.1) is 12.7 Å². The number of aryl methyl sites for hydroxylation is 1. The van der Waals surface area contributed by atoms with Crippen LogP contribution in [0.4, 0.5) is 5.69 Å². The average molecular weight is 545 g/mol. The molecule has 2 aromatic carbocycles. The molecule has 10 nitrogen and oxygen atoms in total. The lowest BCUT2D eigenvalue weighted by Gasteiger charge is -2.19. The Kier molecular flexibility index (Phi) is 8.85. The topological polar surface area (TPSA) is 138 Å². The van der Waals surface area contributed by atoms with Crippen LogP contribution in [0.25, 0.3) is 11.1 Å². The van der Waals surface area contributed by atoms with E-state index in [2.05, 4.69) is 51.3 Å². The predicted octanol–water partition coefficient (Wildman–Crippen LogP) is 3.98. The van der Waals surface area contributed by atoms with E-state index in [4.69, 9.17) is 5.21 Å². The van der Waals surface area contributed by atoms with Crippen LogP contribution in [0, 0.1) is 11.8 Å². The Morgan fingerprint density at radius 2 is 1.82 bits per heavy atom. The van der Waals surface area contributed by atoms with Gasteiger partial charge < -0.3 is 10.6 Å². The zero-order valence-corrected chi connectivity index (χ0v) is 22.6. The number of rotatable bonds is 12. The van der Waals surface area contributed by atoms with Gasteiger partial charge in [-0.1, -0.05) is 61.2 Å². The third-order valence-corrected chi connectivity index (χ3v) is 7.92. The number of nitrogens with zero attached hydrogens (tertiary/aromatic N) is 3. The maximum atomic E-state index is 12.8. The second-order valence-electron chi connectivity index (χ2n) is 10.9. The summed E-state index contributed by atoms with van der Waals surface area (Å²) in [7, 11) is 0. The molecule has 210 valence electrons. The molecule has 2 aliphatic carbocycles. The fraction of sp³-hybridized carbons (Fsp3) is 0.433. The number of amides is 3. The summed E-state index contributed by atoms with van der Waals surface area (Å²) in [4.78, 5) is 37.1. The van der Waals surface area contributed by atoms with Crippen molar-refractivity contribution in [2.75, 3.05) is 5.32 Å². The smallest absolute Gasteiger partial charge is 0.244 e. The van der Waals surface area contributed by atoms with E-state index in [-0.39, 0.29) is 24.8 Å². The predicted molar refractivity (Wildman–Crippen MR) is 149 cm³/mol. The van der Waals surface area contributed by atoms with Gasteiger partial charge in [0.2, 0.25) is 17.7 Å². The zero-order chi connectivity index (χ0) is 27.9. The fourth-order valence-electron chi connectivity index (χ4n) is 5.90. The van der Waals surface area contributed by atoms with Gasteiger partial charge in [-0.2, -0.15) is 0 Å². The van der Waals surface area contributed by atoms with Crippen molar-refractivity contribution in [2.45, 2.75) is 70.9 Å². The summed E-state index contributed by atoms with van der Waals surface area (Å²) in [6.45, 7) is 0.721. The highest BCUT2D eigenvalue weighted by Crippen LogP contribution is 2.37. The lowest BCUT2D eigenvalue weighted by molar-refractivity contribution is -0.135. The first-order valence-corrected chi connectivity index (χ1v) is 14.1. The van der Waals surface area contributed by atoms with E-state index < -0.39 is 11.8 Å². The first-order chi connectivity index (χ1) is 19.5. The molecule has 40 heavy (non-hydrogen) atoms. The molecule has 4 N–H and O–H groups in total. The Bertz CT molecular complexity index is 1360. The van der Waals surface area contributed by atoms with E-state index in [9.17, 15) is 14.4 Å². The number of aromatic nitrogens is 3. The molecule has 2 aliphatic rings. The number of hydrogen-bond donors (Lipinski definition) is 4. The van der Waals surface area contributed by atoms with Crippen LogP contribution in [0.2, 0.25) is 0 Å². The van der Waals surface area contributed by atoms with Gasteiger partial charge in [0.25, 0.3) is 0 Å². The minimum atomic E-state index is -0.560. The normalized spacial score (nSPS) is 14.8. The Morgan fingerprint density at radius 3 is 2.65 bits per heavy atom. The molecular formula is C30H36N6O4. The van der Waals surface area contributed by atoms with Crippen molar-refractivity contribution in [3.05, 3.63) is 65.5 Å². The van der Waals surface area contributed by atoms with Crippen LogP contribution < -0.4 is 16.1 Å². The standard InChI is InChI=1S/C30H36N6O4/c37-28(32-24-11-12-27-22(16-24)15-21-8-3-4-9-26(21)27)10-5-13-36-19-25(33-35-36)18-31-30(39)23(17-29(38)34-40)14-20-6-1-2-7-20/h3-4,8-9,11-12,16,19-20,23,40H,1-2,5-7,10,13-15,17-18H2,(H,31,39)(H,32,37)(H,34,38). The zero-order valence-electron chi connectivity index (χ0n) is 22.6. The van der Waals surface area contributed by atoms with E-state index in [1.807, 2.05) is 12.1 Å². The van der Waals surface area contributed by atoms with Crippen molar-refractivity contribution in [2.24, 2.45) is 11.8 Å². The first kappa shape index (κ1) is 27.5. The monoisotopic (exact) mass is 544 g/mol. The Balaban J connectivity index is 1.05. The minimum absolute atomic E-state index is 0.0489. The summed E-state index contributed by atoms with van der Waals surface area (Å²) in [5.74, 6) is -0.903. The van der Waals surface area contributed by atoms with Crippen molar-refractivity contribution in [1.29, 1.82) is 0 Å². The molecule has 0 radical (unpaired) electrons. The molecule has 1 saturated carbocycles. The summed E-state index contributed by atoms with van der Waals surface area (Å²) in [6, 6.07) is 14.5. The second kappa shape index (κ2) is 12.9. The molecule has 1 aromatic heterocycles. The Labute approximate surface area is 233 Å². The van der Waals surface area contributed by atoms with Crippen molar-refractivity contribution >= 4 is 23.4 Å². The van der Waals surface area contributed by atoms with Gasteiger partial charge in [-0.25, -0.2) is 5.48 Å². The third kappa shape index (κ3) is 6.93. The van der Waals surface area contributed by atoms with Crippen molar-refractivity contribution in [1.82, 2.24) is 25.8 Å². The summed E-state index contributed by atoms with van der Waals surface area (Å²) >= 11 is 0. The highest BCUT2D eigenvalue weighted by Gasteiger charge is 2.27. The van der Waals surface area contributed by atoms with E-state index in [0.717, 1.165) is 37.8 Å². The van der Waals surface area contributed by atoms with Crippen LogP contribution in [0.15, 0.2) is 48.7 Å². The van der Waals surface area contributed by atoms with E-state index in [0.29, 0.717) is 37.4 Å². The van der Waals surface area contributed by atoms with E-state index in [1.165, 1.54) is 22.3 Å². The second-order valence-corrected chi connectivity index (χ2v) is 10.9. The minimum Gasteiger partial charge on any atom is -0.350 e. The molecule has 0 aliphatic heterocycles. The summed E-state index contributed by atoms with van der Waals surface area (Å²) in [5.41, 5.74) is 8.07. The van der Waals surface area contributed by atoms with Gasteiger partial charge in [-0.3, -0.25) is 24.3 Å². The lowest BCUT2D eigenvalue weighted by atomic mass is 9.90. The van der Waals surface area contributed by atoms with Crippen molar-refractivity contribution in [3.63, 3.8) is 0 Å². The van der Waals surface area contributed by atoms with Gasteiger partial charge in [0.1, 0.15) is 5.69 Å². The molecule has 0 saturated heterocycles. The maximum Gasteiger partial charge on any atom is 0.244 e. The molecule has 1 heterocycles. The number of nitrogens with one attached hydrogen (secondary N) is 3. The molecular weight excluding hydrogens is 508 g/mol. The van der Waals surface area contributed by atoms with E-state index in [1.54, 1.807) is 16.4 Å². The van der Waals surface area contributed by atoms with Gasteiger partial charge in [-0.15, -0.1) is 5.10 Å². The first-order valence-electron chi connectivity index (χ1n) is 14.1. The SMILES string of the molecule is O=C(CC(CC1CCCC1)C(=O)NCc1cn(CCCC(=O)Nc2ccc3c(c2)Cc2ccccc2-3)nn1)NO. The summed E-state index contributed by atoms with van der Waals surface area (Å²) < 4.78 is 1.66. The molecule has 1 unspecified atom stereocenters. The molecule has 3 aromatic rings. The van der Waals surface area contributed by atoms with Crippen molar-refractivity contribution in [3.8, 4) is 11.1 Å². The fourth-order valence-corrected chi connectivity index (χ4v) is 5.90. The van der Waals surface area contributed by atoms with Gasteiger partial charge in [0, 0.05) is 31.0 Å². The number of fused-ring (bicyclic) bond motifs is 3. The number of carbonyl (C=O) groups excluding carboxylic acids is 3. The molecule has 1 fully saturated rings. The van der Waals surface area contributed by atoms with Crippen LogP contribution in [-0.4, -0.2) is 37.9 Å². The number of hydroxylamine groups is 1. The molecule has 0 spiro atoms. The molecule has 0 bridgehead atoms. The molecule has 3 amide bonds. The quantitative estimate of drug-likeness (QED) is 0.157. The number of carbonyl (C=O) groups is 3.